The number of benzene rings is 1. The molecule has 0 radical (unpaired) electrons. The van der Waals surface area contributed by atoms with Gasteiger partial charge in [0.1, 0.15) is 5.75 Å². The van der Waals surface area contributed by atoms with Crippen LogP contribution in [-0.2, 0) is 0 Å². The number of hydrogen-bond acceptors (Lipinski definition) is 4. The number of nitrogens with zero attached hydrogens (tertiary/aromatic N) is 2. The first kappa shape index (κ1) is 12.7. The number of ether oxygens (including phenoxy) is 1. The minimum absolute atomic E-state index is 0.0870. The van der Waals surface area contributed by atoms with E-state index in [9.17, 15) is 8.78 Å². The summed E-state index contributed by atoms with van der Waals surface area (Å²) in [6.45, 7) is 0. The van der Waals surface area contributed by atoms with Gasteiger partial charge in [0.2, 0.25) is 0 Å². The molecule has 0 atom stereocenters. The number of pyridine rings is 1. The van der Waals surface area contributed by atoms with Crippen molar-refractivity contribution in [3.63, 3.8) is 0 Å². The standard InChI is InChI=1S/C12H9F2N3O2/c13-9-4-7(12(15)17-18)5-10(14)11(9)19-8-2-1-3-16-6-8/h1-6,18H,(H2,15,17). The molecule has 0 saturated carbocycles. The summed E-state index contributed by atoms with van der Waals surface area (Å²) in [7, 11) is 0. The van der Waals surface area contributed by atoms with Crippen molar-refractivity contribution in [2.24, 2.45) is 10.9 Å². The molecule has 1 aromatic heterocycles. The van der Waals surface area contributed by atoms with Crippen LogP contribution < -0.4 is 10.5 Å². The van der Waals surface area contributed by atoms with E-state index in [-0.39, 0.29) is 11.3 Å². The van der Waals surface area contributed by atoms with Crippen molar-refractivity contribution in [2.45, 2.75) is 0 Å². The number of rotatable bonds is 3. The smallest absolute Gasteiger partial charge is 0.198 e. The van der Waals surface area contributed by atoms with Crippen molar-refractivity contribution < 1.29 is 18.7 Å². The van der Waals surface area contributed by atoms with E-state index in [2.05, 4.69) is 10.1 Å². The Morgan fingerprint density at radius 3 is 2.53 bits per heavy atom. The Labute approximate surface area is 107 Å². The van der Waals surface area contributed by atoms with Gasteiger partial charge in [-0.3, -0.25) is 4.98 Å². The van der Waals surface area contributed by atoms with Gasteiger partial charge in [-0.05, 0) is 24.3 Å². The van der Waals surface area contributed by atoms with Gasteiger partial charge in [0.15, 0.2) is 23.2 Å². The first-order valence-corrected chi connectivity index (χ1v) is 5.16. The quantitative estimate of drug-likeness (QED) is 0.386. The van der Waals surface area contributed by atoms with E-state index in [1.54, 1.807) is 6.07 Å². The van der Waals surface area contributed by atoms with E-state index < -0.39 is 23.2 Å². The largest absolute Gasteiger partial charge is 0.450 e. The molecule has 1 aromatic carbocycles. The summed E-state index contributed by atoms with van der Waals surface area (Å²) < 4.78 is 32.5. The molecule has 7 heteroatoms. The zero-order valence-corrected chi connectivity index (χ0v) is 9.55. The van der Waals surface area contributed by atoms with Gasteiger partial charge in [0.05, 0.1) is 6.20 Å². The molecule has 0 fully saturated rings. The van der Waals surface area contributed by atoms with Crippen LogP contribution in [0, 0.1) is 11.6 Å². The van der Waals surface area contributed by atoms with Crippen molar-refractivity contribution in [3.8, 4) is 11.5 Å². The van der Waals surface area contributed by atoms with Gasteiger partial charge < -0.3 is 15.7 Å². The predicted molar refractivity (Wildman–Crippen MR) is 63.2 cm³/mol. The summed E-state index contributed by atoms with van der Waals surface area (Å²) >= 11 is 0. The Morgan fingerprint density at radius 2 is 2.00 bits per heavy atom. The van der Waals surface area contributed by atoms with Crippen LogP contribution in [0.2, 0.25) is 0 Å². The van der Waals surface area contributed by atoms with Crippen LogP contribution >= 0.6 is 0 Å². The highest BCUT2D eigenvalue weighted by Crippen LogP contribution is 2.28. The summed E-state index contributed by atoms with van der Waals surface area (Å²) in [5.41, 5.74) is 5.16. The third kappa shape index (κ3) is 2.76. The summed E-state index contributed by atoms with van der Waals surface area (Å²) in [5.74, 6) is -2.72. The predicted octanol–water partition coefficient (Wildman–Crippen LogP) is 2.25. The van der Waals surface area contributed by atoms with E-state index >= 15 is 0 Å². The Hall–Kier alpha value is -2.70. The second-order valence-corrected chi connectivity index (χ2v) is 3.55. The van der Waals surface area contributed by atoms with Crippen molar-refractivity contribution in [1.82, 2.24) is 4.98 Å². The van der Waals surface area contributed by atoms with Crippen LogP contribution in [0.3, 0.4) is 0 Å². The Balaban J connectivity index is 2.38. The number of nitrogens with two attached hydrogens (primary N) is 1. The summed E-state index contributed by atoms with van der Waals surface area (Å²) in [4.78, 5) is 3.76. The second kappa shape index (κ2) is 5.30. The monoisotopic (exact) mass is 265 g/mol. The molecule has 2 aromatic rings. The highest BCUT2D eigenvalue weighted by Gasteiger charge is 2.15. The van der Waals surface area contributed by atoms with Gasteiger partial charge in [0.25, 0.3) is 0 Å². The van der Waals surface area contributed by atoms with Gasteiger partial charge >= 0.3 is 0 Å². The zero-order chi connectivity index (χ0) is 13.8. The van der Waals surface area contributed by atoms with Crippen molar-refractivity contribution in [1.29, 1.82) is 0 Å². The van der Waals surface area contributed by atoms with E-state index in [1.165, 1.54) is 18.5 Å². The highest BCUT2D eigenvalue weighted by molar-refractivity contribution is 5.97. The lowest BCUT2D eigenvalue weighted by Crippen LogP contribution is -2.14. The van der Waals surface area contributed by atoms with Gasteiger partial charge in [0, 0.05) is 11.8 Å². The van der Waals surface area contributed by atoms with E-state index in [1.807, 2.05) is 0 Å². The molecule has 98 valence electrons. The molecule has 0 amide bonds. The first-order chi connectivity index (χ1) is 9.11. The maximum atomic E-state index is 13.7. The highest BCUT2D eigenvalue weighted by atomic mass is 19.1. The zero-order valence-electron chi connectivity index (χ0n) is 9.55. The first-order valence-electron chi connectivity index (χ1n) is 5.16. The fraction of sp³-hybridized carbons (Fsp3) is 0. The molecule has 0 aliphatic heterocycles. The van der Waals surface area contributed by atoms with Crippen molar-refractivity contribution in [2.75, 3.05) is 0 Å². The molecule has 5 nitrogen and oxygen atoms in total. The molecule has 1 heterocycles. The molecule has 0 aliphatic carbocycles. The molecule has 0 saturated heterocycles. The minimum atomic E-state index is -0.967. The molecule has 19 heavy (non-hydrogen) atoms. The molecule has 0 bridgehead atoms. The molecule has 0 aliphatic rings. The molecular weight excluding hydrogens is 256 g/mol. The van der Waals surface area contributed by atoms with Crippen LogP contribution in [0.5, 0.6) is 11.5 Å². The molecule has 0 unspecified atom stereocenters. The summed E-state index contributed by atoms with van der Waals surface area (Å²) in [5, 5.41) is 11.1. The van der Waals surface area contributed by atoms with Gasteiger partial charge in [-0.15, -0.1) is 0 Å². The summed E-state index contributed by atoms with van der Waals surface area (Å²) in [6.07, 6.45) is 2.82. The lowest BCUT2D eigenvalue weighted by molar-refractivity contribution is 0.318. The maximum absolute atomic E-state index is 13.7. The average molecular weight is 265 g/mol. The molecule has 0 spiro atoms. The lowest BCUT2D eigenvalue weighted by Gasteiger charge is -2.08. The van der Waals surface area contributed by atoms with Crippen molar-refractivity contribution >= 4 is 5.84 Å². The van der Waals surface area contributed by atoms with Gasteiger partial charge in [-0.1, -0.05) is 5.16 Å². The Bertz CT molecular complexity index is 595. The van der Waals surface area contributed by atoms with E-state index in [0.29, 0.717) is 0 Å². The Morgan fingerprint density at radius 1 is 1.32 bits per heavy atom. The number of halogens is 2. The van der Waals surface area contributed by atoms with Crippen LogP contribution in [0.4, 0.5) is 8.78 Å². The second-order valence-electron chi connectivity index (χ2n) is 3.55. The minimum Gasteiger partial charge on any atom is -0.450 e. The normalized spacial score (nSPS) is 11.4. The molecular formula is C12H9F2N3O2. The van der Waals surface area contributed by atoms with Crippen LogP contribution in [0.15, 0.2) is 41.8 Å². The Kier molecular flexibility index (Phi) is 3.56. The van der Waals surface area contributed by atoms with Gasteiger partial charge in [-0.2, -0.15) is 0 Å². The maximum Gasteiger partial charge on any atom is 0.198 e. The molecule has 3 N–H and O–H groups in total. The number of oxime groups is 1. The number of aromatic nitrogens is 1. The number of hydrogen-bond donors (Lipinski definition) is 2. The average Bonchev–Trinajstić information content (AvgIpc) is 2.43. The van der Waals surface area contributed by atoms with Crippen LogP contribution in [0.1, 0.15) is 5.56 Å². The van der Waals surface area contributed by atoms with E-state index in [4.69, 9.17) is 15.7 Å². The topological polar surface area (TPSA) is 80.7 Å². The third-order valence-electron chi connectivity index (χ3n) is 2.26. The molecule has 2 rings (SSSR count). The SMILES string of the molecule is N/C(=N/O)c1cc(F)c(Oc2cccnc2)c(F)c1. The van der Waals surface area contributed by atoms with E-state index in [0.717, 1.165) is 12.1 Å². The van der Waals surface area contributed by atoms with Crippen molar-refractivity contribution in [3.05, 3.63) is 53.9 Å². The van der Waals surface area contributed by atoms with Gasteiger partial charge in [-0.25, -0.2) is 8.78 Å². The fourth-order valence-electron chi connectivity index (χ4n) is 1.39. The van der Waals surface area contributed by atoms with Crippen LogP contribution in [0.25, 0.3) is 0 Å². The lowest BCUT2D eigenvalue weighted by atomic mass is 10.2. The van der Waals surface area contributed by atoms with Crippen LogP contribution in [-0.4, -0.2) is 16.0 Å². The fourth-order valence-corrected chi connectivity index (χ4v) is 1.39. The number of amidine groups is 1. The third-order valence-corrected chi connectivity index (χ3v) is 2.26. The summed E-state index contributed by atoms with van der Waals surface area (Å²) in [6, 6.07) is 4.88.